The van der Waals surface area contributed by atoms with E-state index >= 15 is 0 Å². The van der Waals surface area contributed by atoms with Crippen LogP contribution in [0.4, 0.5) is 0 Å². The summed E-state index contributed by atoms with van der Waals surface area (Å²) in [5.74, 6) is 0.403. The van der Waals surface area contributed by atoms with Gasteiger partial charge in [-0.2, -0.15) is 0 Å². The molecule has 1 aliphatic rings. The minimum Gasteiger partial charge on any atom is -0.469 e. The number of nitrogens with two attached hydrogens (primary N) is 1. The maximum atomic E-state index is 11.4. The van der Waals surface area contributed by atoms with Crippen LogP contribution in [-0.4, -0.2) is 13.1 Å². The zero-order chi connectivity index (χ0) is 9.47. The van der Waals surface area contributed by atoms with Gasteiger partial charge in [0, 0.05) is 12.0 Å². The molecule has 4 heteroatoms. The van der Waals surface area contributed by atoms with Crippen LogP contribution >= 0.6 is 0 Å². The fourth-order valence-corrected chi connectivity index (χ4v) is 1.77. The van der Waals surface area contributed by atoms with Gasteiger partial charge in [-0.1, -0.05) is 0 Å². The molecule has 0 spiro atoms. The van der Waals surface area contributed by atoms with Crippen LogP contribution in [0.1, 0.15) is 17.7 Å². The molecular formula is C9H11NO3. The molecule has 0 amide bonds. The predicted molar refractivity (Wildman–Crippen MR) is 44.9 cm³/mol. The largest absolute Gasteiger partial charge is 0.469 e. The second kappa shape index (κ2) is 2.60. The second-order valence-corrected chi connectivity index (χ2v) is 3.22. The SMILES string of the molecule is COC(=O)C1(N)CCc2occc21. The summed E-state index contributed by atoms with van der Waals surface area (Å²) >= 11 is 0. The summed E-state index contributed by atoms with van der Waals surface area (Å²) in [6, 6.07) is 1.74. The van der Waals surface area contributed by atoms with E-state index in [2.05, 4.69) is 4.74 Å². The molecule has 0 saturated carbocycles. The topological polar surface area (TPSA) is 65.5 Å². The number of carbonyl (C=O) groups is 1. The molecule has 1 unspecified atom stereocenters. The van der Waals surface area contributed by atoms with Crippen LogP contribution < -0.4 is 5.73 Å². The standard InChI is InChI=1S/C9H11NO3/c1-12-8(11)9(10)4-2-7-6(9)3-5-13-7/h3,5H,2,4,10H2,1H3. The van der Waals surface area contributed by atoms with E-state index in [4.69, 9.17) is 10.2 Å². The molecule has 13 heavy (non-hydrogen) atoms. The van der Waals surface area contributed by atoms with Gasteiger partial charge in [0.25, 0.3) is 0 Å². The fourth-order valence-electron chi connectivity index (χ4n) is 1.77. The highest BCUT2D eigenvalue weighted by atomic mass is 16.5. The zero-order valence-corrected chi connectivity index (χ0v) is 7.37. The van der Waals surface area contributed by atoms with E-state index in [0.717, 1.165) is 11.3 Å². The van der Waals surface area contributed by atoms with Gasteiger partial charge in [-0.05, 0) is 12.5 Å². The molecule has 0 fully saturated rings. The minimum atomic E-state index is -0.989. The van der Waals surface area contributed by atoms with Gasteiger partial charge in [0.15, 0.2) is 0 Å². The van der Waals surface area contributed by atoms with E-state index < -0.39 is 11.5 Å². The van der Waals surface area contributed by atoms with Crippen molar-refractivity contribution in [1.29, 1.82) is 0 Å². The first-order valence-electron chi connectivity index (χ1n) is 4.12. The highest BCUT2D eigenvalue weighted by molar-refractivity contribution is 5.83. The molecule has 0 radical (unpaired) electrons. The Bertz CT molecular complexity index is 344. The average Bonchev–Trinajstić information content (AvgIpc) is 2.69. The Balaban J connectivity index is 2.43. The Labute approximate surface area is 75.7 Å². The Morgan fingerprint density at radius 3 is 3.23 bits per heavy atom. The van der Waals surface area contributed by atoms with Crippen LogP contribution in [0.15, 0.2) is 16.7 Å². The van der Waals surface area contributed by atoms with Crippen molar-refractivity contribution in [1.82, 2.24) is 0 Å². The highest BCUT2D eigenvalue weighted by Crippen LogP contribution is 2.36. The van der Waals surface area contributed by atoms with Gasteiger partial charge < -0.3 is 14.9 Å². The summed E-state index contributed by atoms with van der Waals surface area (Å²) < 4.78 is 9.84. The van der Waals surface area contributed by atoms with Gasteiger partial charge in [0.2, 0.25) is 0 Å². The van der Waals surface area contributed by atoms with Crippen molar-refractivity contribution in [2.75, 3.05) is 7.11 Å². The Morgan fingerprint density at radius 2 is 2.54 bits per heavy atom. The molecule has 1 atom stereocenters. The molecule has 1 aromatic heterocycles. The Morgan fingerprint density at radius 1 is 1.77 bits per heavy atom. The van der Waals surface area contributed by atoms with E-state index in [1.54, 1.807) is 12.3 Å². The number of methoxy groups -OCH3 is 1. The summed E-state index contributed by atoms with van der Waals surface area (Å²) in [7, 11) is 1.34. The molecule has 1 aliphatic carbocycles. The van der Waals surface area contributed by atoms with E-state index in [0.29, 0.717) is 12.8 Å². The van der Waals surface area contributed by atoms with Crippen molar-refractivity contribution < 1.29 is 13.9 Å². The molecule has 2 N–H and O–H groups in total. The molecule has 0 saturated heterocycles. The number of ether oxygens (including phenoxy) is 1. The minimum absolute atomic E-state index is 0.396. The second-order valence-electron chi connectivity index (χ2n) is 3.22. The maximum absolute atomic E-state index is 11.4. The molecule has 2 rings (SSSR count). The molecule has 0 aromatic carbocycles. The molecule has 0 aliphatic heterocycles. The van der Waals surface area contributed by atoms with Crippen LogP contribution in [0.5, 0.6) is 0 Å². The normalized spacial score (nSPS) is 25.7. The molecule has 1 heterocycles. The van der Waals surface area contributed by atoms with Crippen molar-refractivity contribution in [2.24, 2.45) is 5.73 Å². The van der Waals surface area contributed by atoms with Crippen LogP contribution in [-0.2, 0) is 21.5 Å². The lowest BCUT2D eigenvalue weighted by atomic mass is 9.95. The number of fused-ring (bicyclic) bond motifs is 1. The first-order valence-corrected chi connectivity index (χ1v) is 4.12. The summed E-state index contributed by atoms with van der Waals surface area (Å²) in [4.78, 5) is 11.4. The first-order chi connectivity index (χ1) is 6.18. The predicted octanol–water partition coefficient (Wildman–Crippen LogP) is 0.553. The monoisotopic (exact) mass is 181 g/mol. The van der Waals surface area contributed by atoms with E-state index in [9.17, 15) is 4.79 Å². The Hall–Kier alpha value is -1.29. The van der Waals surface area contributed by atoms with Crippen molar-refractivity contribution in [3.8, 4) is 0 Å². The van der Waals surface area contributed by atoms with Crippen LogP contribution in [0.2, 0.25) is 0 Å². The third-order valence-electron chi connectivity index (χ3n) is 2.52. The fraction of sp³-hybridized carbons (Fsp3) is 0.444. The van der Waals surface area contributed by atoms with Crippen molar-refractivity contribution >= 4 is 5.97 Å². The average molecular weight is 181 g/mol. The summed E-state index contributed by atoms with van der Waals surface area (Å²) in [6.45, 7) is 0. The number of aryl methyl sites for hydroxylation is 1. The van der Waals surface area contributed by atoms with Crippen LogP contribution in [0, 0.1) is 0 Å². The van der Waals surface area contributed by atoms with Gasteiger partial charge in [-0.3, -0.25) is 0 Å². The molecular weight excluding hydrogens is 170 g/mol. The molecule has 1 aromatic rings. The van der Waals surface area contributed by atoms with Gasteiger partial charge >= 0.3 is 5.97 Å². The van der Waals surface area contributed by atoms with Gasteiger partial charge in [-0.25, -0.2) is 4.79 Å². The van der Waals surface area contributed by atoms with E-state index in [-0.39, 0.29) is 0 Å². The lowest BCUT2D eigenvalue weighted by molar-refractivity contribution is -0.147. The van der Waals surface area contributed by atoms with Gasteiger partial charge in [0.1, 0.15) is 11.3 Å². The lowest BCUT2D eigenvalue weighted by Gasteiger charge is -2.19. The highest BCUT2D eigenvalue weighted by Gasteiger charge is 2.44. The first kappa shape index (κ1) is 8.31. The van der Waals surface area contributed by atoms with E-state index in [1.807, 2.05) is 0 Å². The van der Waals surface area contributed by atoms with Crippen LogP contribution in [0.25, 0.3) is 0 Å². The summed E-state index contributed by atoms with van der Waals surface area (Å²) in [5, 5.41) is 0. The number of furan rings is 1. The van der Waals surface area contributed by atoms with E-state index in [1.165, 1.54) is 7.11 Å². The summed E-state index contributed by atoms with van der Waals surface area (Å²) in [6.07, 6.45) is 2.82. The number of rotatable bonds is 1. The van der Waals surface area contributed by atoms with Crippen LogP contribution in [0.3, 0.4) is 0 Å². The zero-order valence-electron chi connectivity index (χ0n) is 7.37. The third kappa shape index (κ3) is 0.986. The third-order valence-corrected chi connectivity index (χ3v) is 2.52. The number of esters is 1. The molecule has 70 valence electrons. The van der Waals surface area contributed by atoms with Gasteiger partial charge in [0.05, 0.1) is 13.4 Å². The maximum Gasteiger partial charge on any atom is 0.330 e. The van der Waals surface area contributed by atoms with Crippen molar-refractivity contribution in [3.05, 3.63) is 23.7 Å². The van der Waals surface area contributed by atoms with Crippen molar-refractivity contribution in [3.63, 3.8) is 0 Å². The molecule has 4 nitrogen and oxygen atoms in total. The Kier molecular flexibility index (Phi) is 1.66. The van der Waals surface area contributed by atoms with Crippen molar-refractivity contribution in [2.45, 2.75) is 18.4 Å². The quantitative estimate of drug-likeness (QED) is 0.642. The van der Waals surface area contributed by atoms with Gasteiger partial charge in [-0.15, -0.1) is 0 Å². The smallest absolute Gasteiger partial charge is 0.330 e. The summed E-state index contributed by atoms with van der Waals surface area (Å²) in [5.41, 5.74) is 5.71. The number of carbonyl (C=O) groups excluding carboxylic acids is 1. The number of hydrogen-bond acceptors (Lipinski definition) is 4. The number of hydrogen-bond donors (Lipinski definition) is 1. The molecule has 0 bridgehead atoms. The lowest BCUT2D eigenvalue weighted by Crippen LogP contribution is -2.43.